The lowest BCUT2D eigenvalue weighted by Gasteiger charge is -2.18. The molecular formula is C11H21N3. The van der Waals surface area contributed by atoms with Gasteiger partial charge in [0.2, 0.25) is 0 Å². The Hall–Kier alpha value is -0.590. The minimum atomic E-state index is -0.371. The van der Waals surface area contributed by atoms with Crippen LogP contribution in [0.2, 0.25) is 0 Å². The molecule has 1 aliphatic heterocycles. The molecular weight excluding hydrogens is 174 g/mol. The summed E-state index contributed by atoms with van der Waals surface area (Å²) in [6, 6.07) is 2.25. The van der Waals surface area contributed by atoms with E-state index in [4.69, 9.17) is 5.26 Å². The van der Waals surface area contributed by atoms with E-state index in [-0.39, 0.29) is 5.54 Å². The number of hydrogen-bond donors (Lipinski definition) is 1. The van der Waals surface area contributed by atoms with E-state index in [0.29, 0.717) is 0 Å². The lowest BCUT2D eigenvalue weighted by molar-refractivity contribution is 0.376. The van der Waals surface area contributed by atoms with E-state index in [9.17, 15) is 0 Å². The highest BCUT2D eigenvalue weighted by Crippen LogP contribution is 2.17. The summed E-state index contributed by atoms with van der Waals surface area (Å²) in [7, 11) is 2.17. The summed E-state index contributed by atoms with van der Waals surface area (Å²) in [6.07, 6.45) is 2.50. The molecule has 1 fully saturated rings. The van der Waals surface area contributed by atoms with Gasteiger partial charge in [0, 0.05) is 6.54 Å². The Morgan fingerprint density at radius 1 is 1.57 bits per heavy atom. The van der Waals surface area contributed by atoms with E-state index in [1.54, 1.807) is 0 Å². The van der Waals surface area contributed by atoms with Crippen molar-refractivity contribution in [1.82, 2.24) is 10.2 Å². The lowest BCUT2D eigenvalue weighted by atomic mass is 10.0. The molecule has 0 amide bonds. The molecule has 1 aliphatic rings. The zero-order chi connectivity index (χ0) is 10.6. The third kappa shape index (κ3) is 3.65. The SMILES string of the molecule is CN1CCC(CCNC(C)(C)C#N)C1. The maximum Gasteiger partial charge on any atom is 0.101 e. The molecule has 3 heteroatoms. The summed E-state index contributed by atoms with van der Waals surface area (Å²) in [5.74, 6) is 0.821. The minimum Gasteiger partial charge on any atom is -0.306 e. The zero-order valence-corrected chi connectivity index (χ0v) is 9.51. The number of nitriles is 1. The Morgan fingerprint density at radius 3 is 2.79 bits per heavy atom. The standard InChI is InChI=1S/C11H21N3/c1-11(2,9-12)13-6-4-10-5-7-14(3)8-10/h10,13H,4-8H2,1-3H3. The molecule has 0 saturated carbocycles. The van der Waals surface area contributed by atoms with Crippen LogP contribution in [0.5, 0.6) is 0 Å². The second kappa shape index (κ2) is 4.77. The van der Waals surface area contributed by atoms with Gasteiger partial charge < -0.3 is 4.90 Å². The number of likely N-dealkylation sites (tertiary alicyclic amines) is 1. The van der Waals surface area contributed by atoms with E-state index in [2.05, 4.69) is 23.3 Å². The van der Waals surface area contributed by atoms with Crippen LogP contribution in [0.4, 0.5) is 0 Å². The van der Waals surface area contributed by atoms with Crippen molar-refractivity contribution in [3.8, 4) is 6.07 Å². The molecule has 1 N–H and O–H groups in total. The van der Waals surface area contributed by atoms with Gasteiger partial charge in [0.1, 0.15) is 5.54 Å². The molecule has 0 aromatic heterocycles. The van der Waals surface area contributed by atoms with Gasteiger partial charge in [0.15, 0.2) is 0 Å². The molecule has 1 unspecified atom stereocenters. The maximum atomic E-state index is 8.81. The number of nitrogens with one attached hydrogen (secondary N) is 1. The summed E-state index contributed by atoms with van der Waals surface area (Å²) < 4.78 is 0. The first-order valence-corrected chi connectivity index (χ1v) is 5.38. The van der Waals surface area contributed by atoms with E-state index in [1.807, 2.05) is 13.8 Å². The quantitative estimate of drug-likeness (QED) is 0.733. The first-order chi connectivity index (χ1) is 6.53. The first kappa shape index (κ1) is 11.5. The van der Waals surface area contributed by atoms with Crippen LogP contribution >= 0.6 is 0 Å². The summed E-state index contributed by atoms with van der Waals surface area (Å²) >= 11 is 0. The van der Waals surface area contributed by atoms with Crippen molar-refractivity contribution in [2.45, 2.75) is 32.2 Å². The molecule has 80 valence electrons. The number of rotatable bonds is 4. The molecule has 14 heavy (non-hydrogen) atoms. The highest BCUT2D eigenvalue weighted by molar-refractivity contribution is 4.99. The average Bonchev–Trinajstić information content (AvgIpc) is 2.51. The van der Waals surface area contributed by atoms with Crippen molar-refractivity contribution in [2.75, 3.05) is 26.7 Å². The predicted octanol–water partition coefficient (Wildman–Crippen LogP) is 1.22. The van der Waals surface area contributed by atoms with E-state index in [1.165, 1.54) is 25.9 Å². The van der Waals surface area contributed by atoms with Crippen LogP contribution in [0.25, 0.3) is 0 Å². The smallest absolute Gasteiger partial charge is 0.101 e. The van der Waals surface area contributed by atoms with Crippen molar-refractivity contribution in [1.29, 1.82) is 5.26 Å². The van der Waals surface area contributed by atoms with Gasteiger partial charge in [0.25, 0.3) is 0 Å². The van der Waals surface area contributed by atoms with Gasteiger partial charge in [-0.1, -0.05) is 0 Å². The van der Waals surface area contributed by atoms with Gasteiger partial charge in [-0.15, -0.1) is 0 Å². The summed E-state index contributed by atoms with van der Waals surface area (Å²) in [4.78, 5) is 2.38. The van der Waals surface area contributed by atoms with Gasteiger partial charge in [0.05, 0.1) is 6.07 Å². The normalized spacial score (nSPS) is 23.7. The van der Waals surface area contributed by atoms with Crippen LogP contribution < -0.4 is 5.32 Å². The van der Waals surface area contributed by atoms with Crippen LogP contribution in [0.15, 0.2) is 0 Å². The molecule has 1 rings (SSSR count). The Bertz CT molecular complexity index is 217. The van der Waals surface area contributed by atoms with Gasteiger partial charge in [-0.2, -0.15) is 5.26 Å². The molecule has 0 bridgehead atoms. The zero-order valence-electron chi connectivity index (χ0n) is 9.51. The molecule has 3 nitrogen and oxygen atoms in total. The van der Waals surface area contributed by atoms with Crippen molar-refractivity contribution in [3.05, 3.63) is 0 Å². The van der Waals surface area contributed by atoms with Crippen LogP contribution in [-0.2, 0) is 0 Å². The Morgan fingerprint density at radius 2 is 2.29 bits per heavy atom. The van der Waals surface area contributed by atoms with Gasteiger partial charge in [-0.3, -0.25) is 5.32 Å². The minimum absolute atomic E-state index is 0.371. The average molecular weight is 195 g/mol. The van der Waals surface area contributed by atoms with Crippen molar-refractivity contribution >= 4 is 0 Å². The maximum absolute atomic E-state index is 8.81. The van der Waals surface area contributed by atoms with Gasteiger partial charge in [-0.25, -0.2) is 0 Å². The third-order valence-corrected chi connectivity index (χ3v) is 2.89. The van der Waals surface area contributed by atoms with Gasteiger partial charge in [-0.05, 0) is 52.7 Å². The van der Waals surface area contributed by atoms with Crippen LogP contribution in [0, 0.1) is 17.2 Å². The van der Waals surface area contributed by atoms with E-state index < -0.39 is 0 Å². The highest BCUT2D eigenvalue weighted by atomic mass is 15.1. The van der Waals surface area contributed by atoms with Crippen molar-refractivity contribution < 1.29 is 0 Å². The Kier molecular flexibility index (Phi) is 3.91. The molecule has 0 aromatic carbocycles. The summed E-state index contributed by atoms with van der Waals surface area (Å²) in [5, 5.41) is 12.1. The Labute approximate surface area is 87.1 Å². The Balaban J connectivity index is 2.13. The highest BCUT2D eigenvalue weighted by Gasteiger charge is 2.20. The summed E-state index contributed by atoms with van der Waals surface area (Å²) in [6.45, 7) is 7.25. The fraction of sp³-hybridized carbons (Fsp3) is 0.909. The molecule has 0 spiro atoms. The molecule has 1 saturated heterocycles. The largest absolute Gasteiger partial charge is 0.306 e. The first-order valence-electron chi connectivity index (χ1n) is 5.38. The van der Waals surface area contributed by atoms with Crippen molar-refractivity contribution in [3.63, 3.8) is 0 Å². The van der Waals surface area contributed by atoms with Crippen molar-refractivity contribution in [2.24, 2.45) is 5.92 Å². The fourth-order valence-corrected chi connectivity index (χ4v) is 1.89. The summed E-state index contributed by atoms with van der Waals surface area (Å²) in [5.41, 5.74) is -0.371. The molecule has 1 heterocycles. The van der Waals surface area contributed by atoms with E-state index in [0.717, 1.165) is 12.5 Å². The van der Waals surface area contributed by atoms with Crippen LogP contribution in [0.3, 0.4) is 0 Å². The third-order valence-electron chi connectivity index (χ3n) is 2.89. The monoisotopic (exact) mass is 195 g/mol. The molecule has 1 atom stereocenters. The fourth-order valence-electron chi connectivity index (χ4n) is 1.89. The van der Waals surface area contributed by atoms with Crippen LogP contribution in [0.1, 0.15) is 26.7 Å². The molecule has 0 aliphatic carbocycles. The number of nitrogens with zero attached hydrogens (tertiary/aromatic N) is 2. The van der Waals surface area contributed by atoms with E-state index >= 15 is 0 Å². The topological polar surface area (TPSA) is 39.1 Å². The van der Waals surface area contributed by atoms with Gasteiger partial charge >= 0.3 is 0 Å². The second-order valence-corrected chi connectivity index (χ2v) is 4.87. The lowest BCUT2D eigenvalue weighted by Crippen LogP contribution is -2.38. The second-order valence-electron chi connectivity index (χ2n) is 4.87. The molecule has 0 radical (unpaired) electrons. The predicted molar refractivity (Wildman–Crippen MR) is 57.9 cm³/mol. The molecule has 0 aromatic rings. The number of hydrogen-bond acceptors (Lipinski definition) is 3. The van der Waals surface area contributed by atoms with Crippen LogP contribution in [-0.4, -0.2) is 37.1 Å².